The maximum Gasteiger partial charge on any atom is 0.273 e. The van der Waals surface area contributed by atoms with Gasteiger partial charge in [-0.3, -0.25) is 0 Å². The molecule has 1 fully saturated rings. The molecule has 1 aliphatic heterocycles. The Morgan fingerprint density at radius 3 is 2.50 bits per heavy atom. The van der Waals surface area contributed by atoms with E-state index < -0.39 is 23.3 Å². The molecule has 0 saturated carbocycles. The number of nitrogens with one attached hydrogen (secondary N) is 1. The number of hydrogen-bond acceptors (Lipinski definition) is 4. The molecule has 0 spiro atoms. The molecule has 1 aliphatic carbocycles. The highest BCUT2D eigenvalue weighted by Gasteiger charge is 2.31. The third kappa shape index (κ3) is 4.10. The average molecular weight is 469 g/mol. The van der Waals surface area contributed by atoms with Crippen LogP contribution >= 0.6 is 0 Å². The van der Waals surface area contributed by atoms with Crippen LogP contribution in [0.4, 0.5) is 24.7 Å². The first-order valence-corrected chi connectivity index (χ1v) is 12.3. The normalized spacial score (nSPS) is 17.2. The Kier molecular flexibility index (Phi) is 5.90. The maximum absolute atomic E-state index is 15.0. The molecule has 3 aromatic rings. The van der Waals surface area contributed by atoms with Gasteiger partial charge in [-0.1, -0.05) is 18.2 Å². The van der Waals surface area contributed by atoms with Gasteiger partial charge in [0.05, 0.1) is 17.1 Å². The van der Waals surface area contributed by atoms with Gasteiger partial charge in [0, 0.05) is 36.7 Å². The first-order valence-electron chi connectivity index (χ1n) is 12.3. The number of anilines is 2. The summed E-state index contributed by atoms with van der Waals surface area (Å²) in [6, 6.07) is 5.81. The van der Waals surface area contributed by atoms with Crippen molar-refractivity contribution < 1.29 is 13.2 Å². The van der Waals surface area contributed by atoms with Crippen molar-refractivity contribution in [2.75, 3.05) is 23.3 Å². The van der Waals surface area contributed by atoms with E-state index in [1.165, 1.54) is 42.1 Å². The maximum atomic E-state index is 15.0. The highest BCUT2D eigenvalue weighted by molar-refractivity contribution is 5.96. The molecule has 7 heteroatoms. The fraction of sp³-hybridized carbons (Fsp3) is 0.481. The second-order valence-corrected chi connectivity index (χ2v) is 9.73. The van der Waals surface area contributed by atoms with Crippen LogP contribution in [0, 0.1) is 12.7 Å². The van der Waals surface area contributed by atoms with E-state index in [1.54, 1.807) is 13.0 Å². The molecule has 2 aromatic carbocycles. The van der Waals surface area contributed by atoms with Crippen LogP contribution in [0.3, 0.4) is 0 Å². The minimum atomic E-state index is -3.25. The van der Waals surface area contributed by atoms with E-state index >= 15 is 4.39 Å². The number of aromatic nitrogens is 2. The number of aryl methyl sites for hydroxylation is 2. The molecular weight excluding hydrogens is 437 g/mol. The van der Waals surface area contributed by atoms with E-state index in [9.17, 15) is 8.78 Å². The van der Waals surface area contributed by atoms with Crippen molar-refractivity contribution in [1.82, 2.24) is 9.97 Å². The van der Waals surface area contributed by atoms with E-state index in [1.807, 2.05) is 6.92 Å². The van der Waals surface area contributed by atoms with Gasteiger partial charge in [-0.05, 0) is 69.6 Å². The summed E-state index contributed by atoms with van der Waals surface area (Å²) in [6.45, 7) is 6.45. The van der Waals surface area contributed by atoms with Crippen molar-refractivity contribution >= 4 is 22.4 Å². The Bertz CT molecular complexity index is 1230. The number of halogens is 3. The zero-order valence-electron chi connectivity index (χ0n) is 20.0. The van der Waals surface area contributed by atoms with E-state index in [2.05, 4.69) is 21.3 Å². The second kappa shape index (κ2) is 8.75. The zero-order chi connectivity index (χ0) is 24.0. The molecular formula is C27H31F3N4. The van der Waals surface area contributed by atoms with Gasteiger partial charge in [0.2, 0.25) is 0 Å². The molecule has 180 valence electrons. The van der Waals surface area contributed by atoms with E-state index in [4.69, 9.17) is 4.98 Å². The monoisotopic (exact) mass is 468 g/mol. The second-order valence-electron chi connectivity index (χ2n) is 9.73. The largest absolute Gasteiger partial charge is 0.371 e. The number of benzene rings is 2. The van der Waals surface area contributed by atoms with Gasteiger partial charge in [-0.25, -0.2) is 23.1 Å². The first-order chi connectivity index (χ1) is 16.2. The van der Waals surface area contributed by atoms with Crippen LogP contribution in [0.5, 0.6) is 0 Å². The Morgan fingerprint density at radius 2 is 1.76 bits per heavy atom. The average Bonchev–Trinajstić information content (AvgIpc) is 3.29. The van der Waals surface area contributed by atoms with Gasteiger partial charge < -0.3 is 10.2 Å². The number of alkyl halides is 2. The lowest BCUT2D eigenvalue weighted by molar-refractivity contribution is 0.0136. The van der Waals surface area contributed by atoms with Crippen LogP contribution in [0.2, 0.25) is 0 Å². The number of piperidine rings is 1. The SMILES string of the molecule is Cc1nc(N[C@H](C)c2cccc(C(C)(F)F)c2F)c2cc(N3CCCCC3)c3c(c2n1)CCC3. The number of rotatable bonds is 5. The summed E-state index contributed by atoms with van der Waals surface area (Å²) < 4.78 is 42.9. The van der Waals surface area contributed by atoms with Crippen molar-refractivity contribution in [3.8, 4) is 0 Å². The lowest BCUT2D eigenvalue weighted by atomic mass is 9.99. The molecule has 2 aliphatic rings. The summed E-state index contributed by atoms with van der Waals surface area (Å²) in [7, 11) is 0. The van der Waals surface area contributed by atoms with Gasteiger partial charge in [-0.15, -0.1) is 0 Å². The molecule has 2 heterocycles. The van der Waals surface area contributed by atoms with Gasteiger partial charge in [0.15, 0.2) is 0 Å². The highest BCUT2D eigenvalue weighted by atomic mass is 19.3. The lowest BCUT2D eigenvalue weighted by Gasteiger charge is -2.31. The third-order valence-corrected chi connectivity index (χ3v) is 7.17. The molecule has 1 aromatic heterocycles. The van der Waals surface area contributed by atoms with Crippen molar-refractivity contribution in [3.63, 3.8) is 0 Å². The van der Waals surface area contributed by atoms with E-state index in [0.717, 1.165) is 56.2 Å². The van der Waals surface area contributed by atoms with Crippen LogP contribution in [0.15, 0.2) is 24.3 Å². The van der Waals surface area contributed by atoms with Crippen LogP contribution in [0.1, 0.15) is 73.7 Å². The van der Waals surface area contributed by atoms with Crippen molar-refractivity contribution in [2.45, 2.75) is 71.3 Å². The van der Waals surface area contributed by atoms with Crippen LogP contribution in [-0.4, -0.2) is 23.1 Å². The van der Waals surface area contributed by atoms with Crippen LogP contribution < -0.4 is 10.2 Å². The van der Waals surface area contributed by atoms with Crippen molar-refractivity contribution in [2.24, 2.45) is 0 Å². The van der Waals surface area contributed by atoms with Gasteiger partial charge in [0.1, 0.15) is 17.5 Å². The Hall–Kier alpha value is -2.83. The third-order valence-electron chi connectivity index (χ3n) is 7.17. The first kappa shape index (κ1) is 22.9. The summed E-state index contributed by atoms with van der Waals surface area (Å²) in [5, 5.41) is 4.24. The van der Waals surface area contributed by atoms with Gasteiger partial charge >= 0.3 is 0 Å². The van der Waals surface area contributed by atoms with Crippen LogP contribution in [-0.2, 0) is 18.8 Å². The molecule has 34 heavy (non-hydrogen) atoms. The molecule has 0 bridgehead atoms. The smallest absolute Gasteiger partial charge is 0.273 e. The standard InChI is InChI=1S/C27H31F3N4/c1-16(18-9-8-12-22(24(18)28)27(3,29)30)31-26-21-15-23(34-13-5-4-6-14-34)19-10-7-11-20(19)25(21)32-17(2)33-26/h8-9,12,15-16H,4-7,10-11,13-14H2,1-3H3,(H,31,32,33)/t16-/m1/s1. The fourth-order valence-electron chi connectivity index (χ4n) is 5.49. The summed E-state index contributed by atoms with van der Waals surface area (Å²) >= 11 is 0. The van der Waals surface area contributed by atoms with Gasteiger partial charge in [-0.2, -0.15) is 0 Å². The molecule has 0 radical (unpaired) electrons. The Balaban J connectivity index is 1.59. The molecule has 1 saturated heterocycles. The molecule has 1 atom stereocenters. The molecule has 4 nitrogen and oxygen atoms in total. The topological polar surface area (TPSA) is 41.1 Å². The summed E-state index contributed by atoms with van der Waals surface area (Å²) in [4.78, 5) is 11.9. The Labute approximate surface area is 198 Å². The molecule has 0 amide bonds. The highest BCUT2D eigenvalue weighted by Crippen LogP contribution is 2.40. The predicted octanol–water partition coefficient (Wildman–Crippen LogP) is 6.84. The molecule has 1 N–H and O–H groups in total. The summed E-state index contributed by atoms with van der Waals surface area (Å²) in [6.07, 6.45) is 6.80. The van der Waals surface area contributed by atoms with Crippen molar-refractivity contribution in [1.29, 1.82) is 0 Å². The van der Waals surface area contributed by atoms with Crippen LogP contribution in [0.25, 0.3) is 10.9 Å². The number of hydrogen-bond donors (Lipinski definition) is 1. The minimum absolute atomic E-state index is 0.195. The van der Waals surface area contributed by atoms with Gasteiger partial charge in [0.25, 0.3) is 5.92 Å². The number of fused-ring (bicyclic) bond motifs is 3. The Morgan fingerprint density at radius 1 is 1.03 bits per heavy atom. The predicted molar refractivity (Wildman–Crippen MR) is 130 cm³/mol. The molecule has 5 rings (SSSR count). The van der Waals surface area contributed by atoms with E-state index in [0.29, 0.717) is 11.6 Å². The summed E-state index contributed by atoms with van der Waals surface area (Å²) in [5.74, 6) is -2.87. The van der Waals surface area contributed by atoms with Crippen molar-refractivity contribution in [3.05, 3.63) is 58.2 Å². The number of nitrogens with zero attached hydrogens (tertiary/aromatic N) is 3. The lowest BCUT2D eigenvalue weighted by Crippen LogP contribution is -2.30. The minimum Gasteiger partial charge on any atom is -0.371 e. The van der Waals surface area contributed by atoms with E-state index in [-0.39, 0.29) is 5.56 Å². The quantitative estimate of drug-likeness (QED) is 0.445. The summed E-state index contributed by atoms with van der Waals surface area (Å²) in [5.41, 5.74) is 4.51. The zero-order valence-corrected chi connectivity index (χ0v) is 20.0. The fourth-order valence-corrected chi connectivity index (χ4v) is 5.49. The molecule has 0 unspecified atom stereocenters.